The number of halogens is 2. The molecule has 6 nitrogen and oxygen atoms in total. The summed E-state index contributed by atoms with van der Waals surface area (Å²) >= 11 is 12.2. The Labute approximate surface area is 133 Å². The van der Waals surface area contributed by atoms with Crippen molar-refractivity contribution in [3.8, 4) is 0 Å². The van der Waals surface area contributed by atoms with Crippen LogP contribution in [0.4, 0.5) is 0 Å². The monoisotopic (exact) mass is 330 g/mol. The van der Waals surface area contributed by atoms with Crippen molar-refractivity contribution in [2.75, 3.05) is 19.7 Å². The van der Waals surface area contributed by atoms with Gasteiger partial charge < -0.3 is 4.74 Å². The summed E-state index contributed by atoms with van der Waals surface area (Å²) in [4.78, 5) is 15.0. The standard InChI is InChI=1S/C13H16Cl2N4O2/c1-3-21-12(20)13(2,17-7-8-18-19-16)9-5-4-6-10(14)11(9)15/h4-6,17H,3,7-8H2,1-2H3. The third-order valence-corrected chi connectivity index (χ3v) is 3.75. The van der Waals surface area contributed by atoms with Crippen LogP contribution in [0.3, 0.4) is 0 Å². The lowest BCUT2D eigenvalue weighted by Crippen LogP contribution is -2.48. The van der Waals surface area contributed by atoms with E-state index in [1.165, 1.54) is 0 Å². The molecule has 0 spiro atoms. The van der Waals surface area contributed by atoms with E-state index in [0.717, 1.165) is 0 Å². The first-order valence-corrected chi connectivity index (χ1v) is 7.10. The zero-order valence-electron chi connectivity index (χ0n) is 11.8. The van der Waals surface area contributed by atoms with Crippen LogP contribution >= 0.6 is 23.2 Å². The Morgan fingerprint density at radius 2 is 2.24 bits per heavy atom. The first-order valence-electron chi connectivity index (χ1n) is 6.35. The van der Waals surface area contributed by atoms with Crippen LogP contribution in [0.15, 0.2) is 23.3 Å². The van der Waals surface area contributed by atoms with Crippen molar-refractivity contribution >= 4 is 29.2 Å². The molecule has 0 saturated carbocycles. The van der Waals surface area contributed by atoms with E-state index in [9.17, 15) is 4.79 Å². The number of hydrogen-bond donors (Lipinski definition) is 1. The summed E-state index contributed by atoms with van der Waals surface area (Å²) in [5.41, 5.74) is 7.62. The number of carbonyl (C=O) groups excluding carboxylic acids is 1. The highest BCUT2D eigenvalue weighted by molar-refractivity contribution is 6.42. The molecule has 21 heavy (non-hydrogen) atoms. The predicted octanol–water partition coefficient (Wildman–Crippen LogP) is 3.67. The molecule has 1 aromatic carbocycles. The summed E-state index contributed by atoms with van der Waals surface area (Å²) in [5.74, 6) is -0.477. The molecule has 1 rings (SSSR count). The third kappa shape index (κ3) is 4.25. The topological polar surface area (TPSA) is 87.1 Å². The molecule has 8 heteroatoms. The van der Waals surface area contributed by atoms with Crippen LogP contribution in [-0.2, 0) is 15.1 Å². The van der Waals surface area contributed by atoms with Crippen molar-refractivity contribution in [3.05, 3.63) is 44.3 Å². The Bertz CT molecular complexity index is 561. The average Bonchev–Trinajstić information content (AvgIpc) is 2.46. The second kappa shape index (κ2) is 8.10. The Kier molecular flexibility index (Phi) is 6.78. The molecule has 0 aliphatic rings. The van der Waals surface area contributed by atoms with Gasteiger partial charge in [-0.3, -0.25) is 5.32 Å². The maximum atomic E-state index is 12.3. The van der Waals surface area contributed by atoms with Gasteiger partial charge in [-0.1, -0.05) is 40.4 Å². The van der Waals surface area contributed by atoms with E-state index in [-0.39, 0.29) is 18.2 Å². The number of hydrogen-bond acceptors (Lipinski definition) is 4. The van der Waals surface area contributed by atoms with Crippen LogP contribution in [0.1, 0.15) is 19.4 Å². The van der Waals surface area contributed by atoms with Crippen LogP contribution in [0.5, 0.6) is 0 Å². The number of nitrogens with one attached hydrogen (secondary N) is 1. The highest BCUT2D eigenvalue weighted by Gasteiger charge is 2.38. The molecule has 0 aromatic heterocycles. The molecule has 1 atom stereocenters. The smallest absolute Gasteiger partial charge is 0.330 e. The van der Waals surface area contributed by atoms with Crippen LogP contribution in [-0.4, -0.2) is 25.7 Å². The van der Waals surface area contributed by atoms with E-state index in [0.29, 0.717) is 17.1 Å². The van der Waals surface area contributed by atoms with E-state index >= 15 is 0 Å². The zero-order valence-corrected chi connectivity index (χ0v) is 13.3. The fourth-order valence-electron chi connectivity index (χ4n) is 1.84. The van der Waals surface area contributed by atoms with E-state index < -0.39 is 11.5 Å². The minimum atomic E-state index is -1.18. The van der Waals surface area contributed by atoms with Gasteiger partial charge in [0.25, 0.3) is 0 Å². The summed E-state index contributed by atoms with van der Waals surface area (Å²) in [7, 11) is 0. The fourth-order valence-corrected chi connectivity index (χ4v) is 2.33. The van der Waals surface area contributed by atoms with Gasteiger partial charge in [-0.25, -0.2) is 4.79 Å². The Balaban J connectivity index is 3.14. The summed E-state index contributed by atoms with van der Waals surface area (Å²) in [5, 5.41) is 7.07. The molecule has 1 aromatic rings. The van der Waals surface area contributed by atoms with E-state index in [4.69, 9.17) is 33.5 Å². The van der Waals surface area contributed by atoms with Crippen molar-refractivity contribution in [2.45, 2.75) is 19.4 Å². The van der Waals surface area contributed by atoms with E-state index in [1.807, 2.05) is 0 Å². The average molecular weight is 331 g/mol. The molecule has 1 N–H and O–H groups in total. The Hall–Kier alpha value is -1.46. The second-order valence-corrected chi connectivity index (χ2v) is 5.11. The van der Waals surface area contributed by atoms with Gasteiger partial charge in [0.15, 0.2) is 0 Å². The molecule has 0 aliphatic heterocycles. The number of benzene rings is 1. The van der Waals surface area contributed by atoms with E-state index in [1.54, 1.807) is 32.0 Å². The number of rotatable bonds is 7. The number of ether oxygens (including phenoxy) is 1. The molecular weight excluding hydrogens is 315 g/mol. The molecule has 0 aliphatic carbocycles. The number of nitrogens with zero attached hydrogens (tertiary/aromatic N) is 3. The van der Waals surface area contributed by atoms with E-state index in [2.05, 4.69) is 15.3 Å². The lowest BCUT2D eigenvalue weighted by Gasteiger charge is -2.30. The van der Waals surface area contributed by atoms with Crippen molar-refractivity contribution in [3.63, 3.8) is 0 Å². The summed E-state index contributed by atoms with van der Waals surface area (Å²) < 4.78 is 5.11. The van der Waals surface area contributed by atoms with Crippen LogP contribution in [0, 0.1) is 0 Å². The second-order valence-electron chi connectivity index (χ2n) is 4.33. The molecule has 0 saturated heterocycles. The van der Waals surface area contributed by atoms with Gasteiger partial charge in [0, 0.05) is 23.6 Å². The van der Waals surface area contributed by atoms with Gasteiger partial charge in [-0.2, -0.15) is 0 Å². The largest absolute Gasteiger partial charge is 0.464 e. The summed E-state index contributed by atoms with van der Waals surface area (Å²) in [6, 6.07) is 5.04. The number of carbonyl (C=O) groups is 1. The van der Waals surface area contributed by atoms with Gasteiger partial charge in [0.1, 0.15) is 5.54 Å². The van der Waals surface area contributed by atoms with Crippen LogP contribution in [0.25, 0.3) is 10.4 Å². The third-order valence-electron chi connectivity index (χ3n) is 2.93. The minimum Gasteiger partial charge on any atom is -0.464 e. The zero-order chi connectivity index (χ0) is 15.9. The van der Waals surface area contributed by atoms with Gasteiger partial charge in [-0.05, 0) is 25.4 Å². The maximum Gasteiger partial charge on any atom is 0.330 e. The van der Waals surface area contributed by atoms with Crippen LogP contribution < -0.4 is 5.32 Å². The molecule has 0 heterocycles. The predicted molar refractivity (Wildman–Crippen MR) is 82.5 cm³/mol. The molecule has 0 radical (unpaired) electrons. The highest BCUT2D eigenvalue weighted by atomic mass is 35.5. The van der Waals surface area contributed by atoms with Gasteiger partial charge in [0.05, 0.1) is 16.7 Å². The molecule has 114 valence electrons. The number of esters is 1. The highest BCUT2D eigenvalue weighted by Crippen LogP contribution is 2.34. The van der Waals surface area contributed by atoms with Crippen molar-refractivity contribution in [2.24, 2.45) is 5.11 Å². The lowest BCUT2D eigenvalue weighted by atomic mass is 9.91. The SMILES string of the molecule is CCOC(=O)C(C)(NCCN=[N+]=[N-])c1cccc(Cl)c1Cl. The molecule has 0 bridgehead atoms. The van der Waals surface area contributed by atoms with Crippen LogP contribution in [0.2, 0.25) is 10.0 Å². The minimum absolute atomic E-state index is 0.198. The van der Waals surface area contributed by atoms with Crippen molar-refractivity contribution in [1.82, 2.24) is 5.32 Å². The van der Waals surface area contributed by atoms with Crippen molar-refractivity contribution < 1.29 is 9.53 Å². The molecular formula is C13H16Cl2N4O2. The first-order chi connectivity index (χ1) is 9.97. The molecule has 0 amide bonds. The van der Waals surface area contributed by atoms with Gasteiger partial charge in [0.2, 0.25) is 0 Å². The molecule has 1 unspecified atom stereocenters. The fraction of sp³-hybridized carbons (Fsp3) is 0.462. The Morgan fingerprint density at radius 1 is 1.52 bits per heavy atom. The molecule has 0 fully saturated rings. The first kappa shape index (κ1) is 17.6. The lowest BCUT2D eigenvalue weighted by molar-refractivity contribution is -0.151. The van der Waals surface area contributed by atoms with Crippen molar-refractivity contribution in [1.29, 1.82) is 0 Å². The van der Waals surface area contributed by atoms with Gasteiger partial charge >= 0.3 is 5.97 Å². The quantitative estimate of drug-likeness (QED) is 0.272. The van der Waals surface area contributed by atoms with Gasteiger partial charge in [-0.15, -0.1) is 0 Å². The maximum absolute atomic E-state index is 12.3. The number of azide groups is 1. The Morgan fingerprint density at radius 3 is 2.86 bits per heavy atom. The normalized spacial score (nSPS) is 13.1. The summed E-state index contributed by atoms with van der Waals surface area (Å²) in [6.45, 7) is 4.10. The summed E-state index contributed by atoms with van der Waals surface area (Å²) in [6.07, 6.45) is 0.